The zero-order valence-corrected chi connectivity index (χ0v) is 8.03. The molecule has 2 fully saturated rings. The topological polar surface area (TPSA) is 37.4 Å². The average Bonchev–Trinajstić information content (AvgIpc) is 2.23. The van der Waals surface area contributed by atoms with E-state index < -0.39 is 0 Å². The standard InChI is InChI=1S/C11H13NO2/c1-2-6-12-10(13)8-4-3-5-9(7-8)11(12)14/h1,8-9H,3-7H2. The van der Waals surface area contributed by atoms with Gasteiger partial charge in [-0.1, -0.05) is 12.3 Å². The molecule has 1 saturated heterocycles. The molecule has 1 aliphatic heterocycles. The first-order valence-electron chi connectivity index (χ1n) is 5.02. The number of hydrogen-bond acceptors (Lipinski definition) is 2. The predicted molar refractivity (Wildman–Crippen MR) is 51.0 cm³/mol. The number of carbonyl (C=O) groups is 2. The number of likely N-dealkylation sites (tertiary alicyclic amines) is 1. The Morgan fingerprint density at radius 3 is 2.36 bits per heavy atom. The van der Waals surface area contributed by atoms with E-state index in [-0.39, 0.29) is 30.2 Å². The lowest BCUT2D eigenvalue weighted by Crippen LogP contribution is -2.51. The van der Waals surface area contributed by atoms with Gasteiger partial charge in [0, 0.05) is 11.8 Å². The molecule has 0 aromatic heterocycles. The highest BCUT2D eigenvalue weighted by molar-refractivity contribution is 6.00. The van der Waals surface area contributed by atoms with Crippen LogP contribution in [0.15, 0.2) is 0 Å². The van der Waals surface area contributed by atoms with Gasteiger partial charge in [0.25, 0.3) is 0 Å². The van der Waals surface area contributed by atoms with Crippen LogP contribution in [0.3, 0.4) is 0 Å². The van der Waals surface area contributed by atoms with Crippen molar-refractivity contribution in [2.75, 3.05) is 6.54 Å². The Morgan fingerprint density at radius 2 is 1.86 bits per heavy atom. The van der Waals surface area contributed by atoms with Gasteiger partial charge in [-0.25, -0.2) is 0 Å². The second-order valence-corrected chi connectivity index (χ2v) is 4.03. The molecule has 2 amide bonds. The molecule has 0 aromatic rings. The monoisotopic (exact) mass is 191 g/mol. The number of carbonyl (C=O) groups excluding carboxylic acids is 2. The number of fused-ring (bicyclic) bond motifs is 2. The molecule has 2 aliphatic rings. The van der Waals surface area contributed by atoms with Crippen molar-refractivity contribution in [2.24, 2.45) is 11.8 Å². The van der Waals surface area contributed by atoms with Crippen molar-refractivity contribution < 1.29 is 9.59 Å². The molecular formula is C11H13NO2. The number of piperidine rings is 1. The van der Waals surface area contributed by atoms with Gasteiger partial charge in [0.05, 0.1) is 6.54 Å². The Labute approximate surface area is 83.5 Å². The molecule has 2 bridgehead atoms. The van der Waals surface area contributed by atoms with Gasteiger partial charge in [0.2, 0.25) is 11.8 Å². The lowest BCUT2D eigenvalue weighted by atomic mass is 9.77. The molecule has 0 N–H and O–H groups in total. The fourth-order valence-corrected chi connectivity index (χ4v) is 2.43. The van der Waals surface area contributed by atoms with E-state index in [9.17, 15) is 9.59 Å². The van der Waals surface area contributed by atoms with E-state index in [1.807, 2.05) is 0 Å². The van der Waals surface area contributed by atoms with Crippen LogP contribution >= 0.6 is 0 Å². The van der Waals surface area contributed by atoms with Crippen LogP contribution in [0.2, 0.25) is 0 Å². The van der Waals surface area contributed by atoms with E-state index in [1.54, 1.807) is 0 Å². The molecule has 1 heterocycles. The highest BCUT2D eigenvalue weighted by Gasteiger charge is 2.42. The van der Waals surface area contributed by atoms with Crippen molar-refractivity contribution in [3.05, 3.63) is 0 Å². The minimum Gasteiger partial charge on any atom is -0.274 e. The van der Waals surface area contributed by atoms with Crippen LogP contribution in [0, 0.1) is 24.2 Å². The number of nitrogens with zero attached hydrogens (tertiary/aromatic N) is 1. The Hall–Kier alpha value is -1.30. The number of terminal acetylenes is 1. The Balaban J connectivity index is 2.21. The molecule has 3 nitrogen and oxygen atoms in total. The first-order chi connectivity index (χ1) is 6.74. The lowest BCUT2D eigenvalue weighted by molar-refractivity contribution is -0.157. The van der Waals surface area contributed by atoms with Gasteiger partial charge in [-0.2, -0.15) is 0 Å². The maximum atomic E-state index is 11.7. The molecule has 0 radical (unpaired) electrons. The zero-order chi connectivity index (χ0) is 10.1. The van der Waals surface area contributed by atoms with Crippen LogP contribution in [0.25, 0.3) is 0 Å². The number of hydrogen-bond donors (Lipinski definition) is 0. The second kappa shape index (κ2) is 3.45. The van der Waals surface area contributed by atoms with Crippen molar-refractivity contribution in [2.45, 2.75) is 25.7 Å². The highest BCUT2D eigenvalue weighted by Crippen LogP contribution is 2.35. The van der Waals surface area contributed by atoms with E-state index in [0.717, 1.165) is 25.7 Å². The summed E-state index contributed by atoms with van der Waals surface area (Å²) in [5.74, 6) is 2.38. The summed E-state index contributed by atoms with van der Waals surface area (Å²) in [5, 5.41) is 0. The first kappa shape index (κ1) is 9.26. The third-order valence-corrected chi connectivity index (χ3v) is 3.15. The second-order valence-electron chi connectivity index (χ2n) is 4.03. The molecule has 1 saturated carbocycles. The van der Waals surface area contributed by atoms with Crippen molar-refractivity contribution in [3.8, 4) is 12.3 Å². The van der Waals surface area contributed by atoms with Crippen molar-refractivity contribution in [3.63, 3.8) is 0 Å². The van der Waals surface area contributed by atoms with Crippen molar-refractivity contribution >= 4 is 11.8 Å². The summed E-state index contributed by atoms with van der Waals surface area (Å²) >= 11 is 0. The van der Waals surface area contributed by atoms with Gasteiger partial charge in [-0.05, 0) is 19.3 Å². The largest absolute Gasteiger partial charge is 0.274 e. The van der Waals surface area contributed by atoms with Crippen LogP contribution in [-0.2, 0) is 9.59 Å². The van der Waals surface area contributed by atoms with Crippen molar-refractivity contribution in [1.29, 1.82) is 0 Å². The maximum Gasteiger partial charge on any atom is 0.233 e. The van der Waals surface area contributed by atoms with Crippen LogP contribution < -0.4 is 0 Å². The Morgan fingerprint density at radius 1 is 1.29 bits per heavy atom. The summed E-state index contributed by atoms with van der Waals surface area (Å²) in [4.78, 5) is 24.8. The third kappa shape index (κ3) is 1.31. The summed E-state index contributed by atoms with van der Waals surface area (Å²) in [7, 11) is 0. The number of rotatable bonds is 1. The lowest BCUT2D eigenvalue weighted by Gasteiger charge is -2.38. The molecular weight excluding hydrogens is 178 g/mol. The van der Waals surface area contributed by atoms with E-state index in [4.69, 9.17) is 6.42 Å². The normalized spacial score (nSPS) is 31.5. The molecule has 2 atom stereocenters. The number of amides is 2. The Bertz CT molecular complexity index is 294. The van der Waals surface area contributed by atoms with Gasteiger partial charge in [0.1, 0.15) is 0 Å². The summed E-state index contributed by atoms with van der Waals surface area (Å²) in [6.45, 7) is 0.144. The molecule has 3 heteroatoms. The molecule has 0 aromatic carbocycles. The van der Waals surface area contributed by atoms with Gasteiger partial charge in [-0.15, -0.1) is 6.42 Å². The van der Waals surface area contributed by atoms with Gasteiger partial charge in [-0.3, -0.25) is 14.5 Å². The molecule has 1 aliphatic carbocycles. The predicted octanol–water partition coefficient (Wildman–Crippen LogP) is 0.795. The van der Waals surface area contributed by atoms with Gasteiger partial charge in [0.15, 0.2) is 0 Å². The Kier molecular flexibility index (Phi) is 2.28. The van der Waals surface area contributed by atoms with E-state index in [0.29, 0.717) is 0 Å². The fourth-order valence-electron chi connectivity index (χ4n) is 2.43. The summed E-state index contributed by atoms with van der Waals surface area (Å²) in [5.41, 5.74) is 0. The zero-order valence-electron chi connectivity index (χ0n) is 8.03. The minimum absolute atomic E-state index is 0.0519. The summed E-state index contributed by atoms with van der Waals surface area (Å²) in [6, 6.07) is 0. The van der Waals surface area contributed by atoms with E-state index in [1.165, 1.54) is 4.90 Å². The quantitative estimate of drug-likeness (QED) is 0.454. The van der Waals surface area contributed by atoms with E-state index >= 15 is 0 Å². The SMILES string of the molecule is C#CCN1C(=O)C2CCCC(C2)C1=O. The number of imide groups is 1. The third-order valence-electron chi connectivity index (χ3n) is 3.15. The van der Waals surface area contributed by atoms with Gasteiger partial charge >= 0.3 is 0 Å². The molecule has 2 unspecified atom stereocenters. The fraction of sp³-hybridized carbons (Fsp3) is 0.636. The van der Waals surface area contributed by atoms with Crippen LogP contribution in [0.1, 0.15) is 25.7 Å². The van der Waals surface area contributed by atoms with Crippen LogP contribution in [0.4, 0.5) is 0 Å². The van der Waals surface area contributed by atoms with Crippen molar-refractivity contribution in [1.82, 2.24) is 4.90 Å². The maximum absolute atomic E-state index is 11.7. The molecule has 0 spiro atoms. The highest BCUT2D eigenvalue weighted by atomic mass is 16.2. The minimum atomic E-state index is -0.0519. The molecule has 14 heavy (non-hydrogen) atoms. The van der Waals surface area contributed by atoms with Crippen LogP contribution in [-0.4, -0.2) is 23.3 Å². The molecule has 74 valence electrons. The molecule has 2 rings (SSSR count). The van der Waals surface area contributed by atoms with E-state index in [2.05, 4.69) is 5.92 Å². The summed E-state index contributed by atoms with van der Waals surface area (Å²) in [6.07, 6.45) is 8.72. The first-order valence-corrected chi connectivity index (χ1v) is 5.02. The van der Waals surface area contributed by atoms with Crippen LogP contribution in [0.5, 0.6) is 0 Å². The van der Waals surface area contributed by atoms with Gasteiger partial charge < -0.3 is 0 Å². The smallest absolute Gasteiger partial charge is 0.233 e. The summed E-state index contributed by atoms with van der Waals surface area (Å²) < 4.78 is 0. The average molecular weight is 191 g/mol.